The number of fused-ring (bicyclic) bond motifs is 1. The molecule has 1 heterocycles. The number of ether oxygens (including phenoxy) is 3. The fourth-order valence-electron chi connectivity index (χ4n) is 3.51. The molecule has 0 aliphatic rings. The van der Waals surface area contributed by atoms with Crippen LogP contribution in [0.4, 0.5) is 5.69 Å². The monoisotopic (exact) mass is 463 g/mol. The Morgan fingerprint density at radius 3 is 2.38 bits per heavy atom. The maximum absolute atomic E-state index is 12.9. The van der Waals surface area contributed by atoms with Crippen molar-refractivity contribution in [1.82, 2.24) is 0 Å². The molecule has 0 saturated carbocycles. The van der Waals surface area contributed by atoms with Crippen LogP contribution in [-0.2, 0) is 22.5 Å². The summed E-state index contributed by atoms with van der Waals surface area (Å²) in [6.07, 6.45) is -0.189. The highest BCUT2D eigenvalue weighted by Gasteiger charge is 2.18. The Balaban J connectivity index is 0.00000363. The van der Waals surface area contributed by atoms with Gasteiger partial charge in [-0.3, -0.25) is 4.79 Å². The molecule has 0 aliphatic heterocycles. The Morgan fingerprint density at radius 2 is 1.75 bits per heavy atom. The second-order valence-corrected chi connectivity index (χ2v) is 7.14. The Hall–Kier alpha value is -3.23. The summed E-state index contributed by atoms with van der Waals surface area (Å²) in [5.74, 6) is 0.495. The molecule has 0 spiro atoms. The number of benzene rings is 2. The molecule has 32 heavy (non-hydrogen) atoms. The molecule has 2 N–H and O–H groups in total. The first-order valence-electron chi connectivity index (χ1n) is 9.68. The third-order valence-electron chi connectivity index (χ3n) is 5.35. The van der Waals surface area contributed by atoms with Crippen molar-refractivity contribution in [2.45, 2.75) is 26.8 Å². The van der Waals surface area contributed by atoms with E-state index in [4.69, 9.17) is 13.9 Å². The number of nitrogens with two attached hydrogens (primary N) is 1. The topological polar surface area (TPSA) is 115 Å². The van der Waals surface area contributed by atoms with E-state index in [9.17, 15) is 14.7 Å². The molecule has 0 radical (unpaired) electrons. The molecule has 0 atom stereocenters. The van der Waals surface area contributed by atoms with Crippen LogP contribution in [0.1, 0.15) is 22.3 Å². The van der Waals surface area contributed by atoms with Crippen LogP contribution in [0.25, 0.3) is 11.0 Å². The second-order valence-electron chi connectivity index (χ2n) is 7.14. The first kappa shape index (κ1) is 25.0. The van der Waals surface area contributed by atoms with Gasteiger partial charge in [-0.05, 0) is 42.7 Å². The van der Waals surface area contributed by atoms with Crippen molar-refractivity contribution >= 4 is 35.0 Å². The molecular formula is C23H26ClNO7. The van der Waals surface area contributed by atoms with Gasteiger partial charge in [-0.1, -0.05) is 5.75 Å². The van der Waals surface area contributed by atoms with Crippen LogP contribution in [-0.4, -0.2) is 27.3 Å². The molecule has 2 aromatic carbocycles. The molecule has 0 bridgehead atoms. The highest BCUT2D eigenvalue weighted by molar-refractivity contribution is 5.87. The summed E-state index contributed by atoms with van der Waals surface area (Å²) < 4.78 is 20.6. The van der Waals surface area contributed by atoms with Crippen molar-refractivity contribution < 1.29 is 33.8 Å². The van der Waals surface area contributed by atoms with Gasteiger partial charge in [0.05, 0.1) is 33.3 Å². The van der Waals surface area contributed by atoms with E-state index in [2.05, 4.69) is 4.74 Å². The van der Waals surface area contributed by atoms with Gasteiger partial charge in [-0.25, -0.2) is 4.79 Å². The molecule has 1 aromatic heterocycles. The number of halogens is 1. The van der Waals surface area contributed by atoms with Crippen LogP contribution < -0.4 is 25.5 Å². The van der Waals surface area contributed by atoms with Gasteiger partial charge in [-0.15, -0.1) is 12.4 Å². The minimum absolute atomic E-state index is 0. The van der Waals surface area contributed by atoms with Gasteiger partial charge < -0.3 is 29.1 Å². The summed E-state index contributed by atoms with van der Waals surface area (Å²) in [7, 11) is 4.39. The zero-order valence-electron chi connectivity index (χ0n) is 18.6. The van der Waals surface area contributed by atoms with Gasteiger partial charge in [0.15, 0.2) is 11.5 Å². The van der Waals surface area contributed by atoms with Crippen LogP contribution in [0, 0.1) is 13.8 Å². The minimum atomic E-state index is -0.637. The maximum atomic E-state index is 12.9. The van der Waals surface area contributed by atoms with E-state index in [1.807, 2.05) is 17.4 Å². The number of hydrogen-bond donors (Lipinski definition) is 1. The summed E-state index contributed by atoms with van der Waals surface area (Å²) in [5.41, 5.74) is 2.23. The summed E-state index contributed by atoms with van der Waals surface area (Å²) >= 11 is 0. The lowest BCUT2D eigenvalue weighted by Crippen LogP contribution is -2.76. The summed E-state index contributed by atoms with van der Waals surface area (Å²) in [6.45, 7) is 3.74. The zero-order chi connectivity index (χ0) is 22.7. The summed E-state index contributed by atoms with van der Waals surface area (Å²) in [6, 6.07) is 7.22. The lowest BCUT2D eigenvalue weighted by Gasteiger charge is -2.19. The van der Waals surface area contributed by atoms with E-state index in [-0.39, 0.29) is 35.7 Å². The molecule has 8 nitrogen and oxygen atoms in total. The summed E-state index contributed by atoms with van der Waals surface area (Å²) in [4.78, 5) is 24.1. The lowest BCUT2D eigenvalue weighted by atomic mass is 9.98. The number of methoxy groups -OCH3 is 3. The number of hydrogen-bond acceptors (Lipinski definition) is 7. The van der Waals surface area contributed by atoms with Crippen LogP contribution in [0.5, 0.6) is 17.2 Å². The molecule has 3 aromatic rings. The number of rotatable bonds is 7. The fraction of sp³-hybridized carbons (Fsp3) is 0.304. The minimum Gasteiger partial charge on any atom is -0.872 e. The van der Waals surface area contributed by atoms with E-state index in [0.717, 1.165) is 5.69 Å². The first-order valence-corrected chi connectivity index (χ1v) is 9.68. The molecule has 172 valence electrons. The lowest BCUT2D eigenvalue weighted by molar-refractivity contribution is -0.589. The van der Waals surface area contributed by atoms with Crippen molar-refractivity contribution in [3.8, 4) is 17.2 Å². The predicted molar refractivity (Wildman–Crippen MR) is 119 cm³/mol. The average molecular weight is 464 g/mol. The molecule has 0 aliphatic carbocycles. The normalized spacial score (nSPS) is 10.5. The molecule has 9 heteroatoms. The number of quaternary nitrogens is 1. The Bertz CT molecular complexity index is 1200. The van der Waals surface area contributed by atoms with Crippen LogP contribution in [0.2, 0.25) is 0 Å². The van der Waals surface area contributed by atoms with Crippen LogP contribution >= 0.6 is 12.4 Å². The molecule has 0 saturated heterocycles. The van der Waals surface area contributed by atoms with Gasteiger partial charge in [0, 0.05) is 17.5 Å². The van der Waals surface area contributed by atoms with Crippen molar-refractivity contribution in [1.29, 1.82) is 0 Å². The molecule has 0 amide bonds. The number of aryl methyl sites for hydroxylation is 2. The van der Waals surface area contributed by atoms with Gasteiger partial charge in [0.1, 0.15) is 17.8 Å². The smallest absolute Gasteiger partial charge is 0.340 e. The molecular weight excluding hydrogens is 438 g/mol. The van der Waals surface area contributed by atoms with Gasteiger partial charge in [0.2, 0.25) is 0 Å². The van der Waals surface area contributed by atoms with Crippen molar-refractivity contribution in [3.05, 3.63) is 56.9 Å². The Labute approximate surface area is 191 Å². The number of esters is 1. The molecule has 0 unspecified atom stereocenters. The highest BCUT2D eigenvalue weighted by Crippen LogP contribution is 2.31. The Kier molecular flexibility index (Phi) is 8.13. The predicted octanol–water partition coefficient (Wildman–Crippen LogP) is 2.03. The van der Waals surface area contributed by atoms with Crippen molar-refractivity contribution in [3.63, 3.8) is 0 Å². The van der Waals surface area contributed by atoms with Gasteiger partial charge in [0.25, 0.3) is 0 Å². The third kappa shape index (κ3) is 4.81. The van der Waals surface area contributed by atoms with E-state index in [0.29, 0.717) is 40.1 Å². The van der Waals surface area contributed by atoms with Crippen molar-refractivity contribution in [2.24, 2.45) is 0 Å². The SMILES string of the molecule is COC(=O)Cc1c(C)c2cc(C[NH2+]c3ccc(OC)c(OC)c3)c([O-])c(C)c2oc1=O.Cl. The fourth-order valence-corrected chi connectivity index (χ4v) is 3.51. The van der Waals surface area contributed by atoms with Gasteiger partial charge >= 0.3 is 11.6 Å². The summed E-state index contributed by atoms with van der Waals surface area (Å²) in [5, 5.41) is 15.4. The van der Waals surface area contributed by atoms with E-state index in [1.54, 1.807) is 40.2 Å². The first-order chi connectivity index (χ1) is 14.8. The van der Waals surface area contributed by atoms with Crippen molar-refractivity contribution in [2.75, 3.05) is 21.3 Å². The standard InChI is InChI=1S/C23H25NO7.ClH/c1-12-16-8-14(11-24-15-6-7-18(28-3)19(9-15)29-4)21(26)13(2)22(16)31-23(27)17(12)10-20(25)30-5;/h6-9,24,26H,10-11H2,1-5H3;1H. The quantitative estimate of drug-likeness (QED) is 0.324. The number of carbonyl (C=O) groups is 1. The Morgan fingerprint density at radius 1 is 1.06 bits per heavy atom. The van der Waals surface area contributed by atoms with Gasteiger partial charge in [-0.2, -0.15) is 0 Å². The molecule has 3 rings (SSSR count). The van der Waals surface area contributed by atoms with E-state index < -0.39 is 11.6 Å². The maximum Gasteiger partial charge on any atom is 0.340 e. The highest BCUT2D eigenvalue weighted by atomic mass is 35.5. The van der Waals surface area contributed by atoms with E-state index >= 15 is 0 Å². The van der Waals surface area contributed by atoms with E-state index in [1.165, 1.54) is 7.11 Å². The number of carbonyl (C=O) groups excluding carboxylic acids is 1. The zero-order valence-corrected chi connectivity index (χ0v) is 19.4. The average Bonchev–Trinajstić information content (AvgIpc) is 2.78. The van der Waals surface area contributed by atoms with Crippen LogP contribution in [0.3, 0.4) is 0 Å². The third-order valence-corrected chi connectivity index (χ3v) is 5.35. The largest absolute Gasteiger partial charge is 0.872 e. The molecule has 0 fully saturated rings. The van der Waals surface area contributed by atoms with Crippen LogP contribution in [0.15, 0.2) is 33.5 Å². The second kappa shape index (κ2) is 10.4.